The lowest BCUT2D eigenvalue weighted by Crippen LogP contribution is -2.30. The molecule has 1 atom stereocenters. The molecule has 0 N–H and O–H groups in total. The Balaban J connectivity index is 1.82. The quantitative estimate of drug-likeness (QED) is 0.779. The highest BCUT2D eigenvalue weighted by molar-refractivity contribution is 8.00. The monoisotopic (exact) mass is 327 g/mol. The molecule has 0 aromatic heterocycles. The van der Waals surface area contributed by atoms with E-state index in [9.17, 15) is 9.59 Å². The number of amides is 1. The molecule has 0 aliphatic carbocycles. The number of carbonyl (C=O) groups is 2. The molecule has 1 fully saturated rings. The number of hydrogen-bond donors (Lipinski definition) is 0. The minimum atomic E-state index is -0.221. The first-order chi connectivity index (χ1) is 10.1. The van der Waals surface area contributed by atoms with E-state index in [2.05, 4.69) is 4.74 Å². The highest BCUT2D eigenvalue weighted by atomic mass is 35.5. The Hall–Kier alpha value is -1.20. The molecule has 1 amide bonds. The van der Waals surface area contributed by atoms with Crippen LogP contribution in [0.4, 0.5) is 0 Å². The minimum absolute atomic E-state index is 0.0873. The zero-order valence-corrected chi connectivity index (χ0v) is 13.5. The summed E-state index contributed by atoms with van der Waals surface area (Å²) in [5.41, 5.74) is 0.856. The molecule has 1 heterocycles. The van der Waals surface area contributed by atoms with Crippen LogP contribution in [0.25, 0.3) is 0 Å². The molecule has 0 bridgehead atoms. The van der Waals surface area contributed by atoms with E-state index in [4.69, 9.17) is 11.6 Å². The van der Waals surface area contributed by atoms with Crippen molar-refractivity contribution in [3.05, 3.63) is 34.9 Å². The van der Waals surface area contributed by atoms with Gasteiger partial charge >= 0.3 is 5.97 Å². The fraction of sp³-hybridized carbons (Fsp3) is 0.467. The number of hydrogen-bond acceptors (Lipinski definition) is 4. The van der Waals surface area contributed by atoms with Crippen LogP contribution >= 0.6 is 23.4 Å². The van der Waals surface area contributed by atoms with Gasteiger partial charge in [0.2, 0.25) is 5.91 Å². The molecular formula is C15H18ClNO3S. The van der Waals surface area contributed by atoms with Gasteiger partial charge in [-0.1, -0.05) is 29.8 Å². The van der Waals surface area contributed by atoms with E-state index in [0.717, 1.165) is 18.5 Å². The van der Waals surface area contributed by atoms with Crippen LogP contribution in [0.1, 0.15) is 12.0 Å². The summed E-state index contributed by atoms with van der Waals surface area (Å²) in [5, 5.41) is 0.931. The third-order valence-electron chi connectivity index (χ3n) is 3.46. The minimum Gasteiger partial charge on any atom is -0.468 e. The molecular weight excluding hydrogens is 310 g/mol. The van der Waals surface area contributed by atoms with Gasteiger partial charge in [0, 0.05) is 23.4 Å². The van der Waals surface area contributed by atoms with Crippen LogP contribution in [0.15, 0.2) is 24.3 Å². The normalized spacial score (nSPS) is 17.8. The van der Waals surface area contributed by atoms with Crippen molar-refractivity contribution in [2.75, 3.05) is 26.0 Å². The third kappa shape index (κ3) is 4.64. The fourth-order valence-electron chi connectivity index (χ4n) is 2.25. The number of methoxy groups -OCH3 is 1. The molecule has 6 heteroatoms. The summed E-state index contributed by atoms with van der Waals surface area (Å²) in [4.78, 5) is 25.2. The van der Waals surface area contributed by atoms with E-state index in [1.807, 2.05) is 23.1 Å². The molecule has 0 saturated carbocycles. The Bertz CT molecular complexity index is 523. The maximum atomic E-state index is 12.3. The van der Waals surface area contributed by atoms with E-state index in [-0.39, 0.29) is 11.9 Å². The van der Waals surface area contributed by atoms with E-state index >= 15 is 0 Å². The topological polar surface area (TPSA) is 46.6 Å². The number of likely N-dealkylation sites (tertiary alicyclic amines) is 1. The predicted octanol–water partition coefficient (Wildman–Crippen LogP) is 2.39. The van der Waals surface area contributed by atoms with Gasteiger partial charge in [-0.2, -0.15) is 0 Å². The molecule has 1 aromatic rings. The van der Waals surface area contributed by atoms with Gasteiger partial charge in [-0.25, -0.2) is 0 Å². The van der Waals surface area contributed by atoms with E-state index < -0.39 is 0 Å². The molecule has 0 spiro atoms. The number of benzene rings is 1. The number of thioether (sulfide) groups is 1. The Morgan fingerprint density at radius 1 is 1.43 bits per heavy atom. The molecule has 1 aromatic carbocycles. The Morgan fingerprint density at radius 3 is 2.90 bits per heavy atom. The molecule has 1 aliphatic heterocycles. The zero-order valence-electron chi connectivity index (χ0n) is 11.9. The van der Waals surface area contributed by atoms with Gasteiger partial charge < -0.3 is 9.64 Å². The van der Waals surface area contributed by atoms with Crippen LogP contribution in [-0.4, -0.2) is 48.0 Å². The van der Waals surface area contributed by atoms with E-state index in [0.29, 0.717) is 29.0 Å². The average molecular weight is 328 g/mol. The molecule has 0 unspecified atom stereocenters. The fourth-order valence-corrected chi connectivity index (χ4v) is 3.50. The van der Waals surface area contributed by atoms with Gasteiger partial charge in [-0.15, -0.1) is 11.8 Å². The smallest absolute Gasteiger partial charge is 0.315 e. The first kappa shape index (κ1) is 16.2. The van der Waals surface area contributed by atoms with Crippen molar-refractivity contribution < 1.29 is 14.3 Å². The maximum absolute atomic E-state index is 12.3. The van der Waals surface area contributed by atoms with Gasteiger partial charge in [0.25, 0.3) is 0 Å². The number of halogens is 1. The van der Waals surface area contributed by atoms with Crippen LogP contribution < -0.4 is 0 Å². The lowest BCUT2D eigenvalue weighted by atomic mass is 10.1. The number of nitrogens with zero attached hydrogens (tertiary/aromatic N) is 1. The lowest BCUT2D eigenvalue weighted by molar-refractivity contribution is -0.137. The van der Waals surface area contributed by atoms with Crippen molar-refractivity contribution in [1.82, 2.24) is 4.90 Å². The lowest BCUT2D eigenvalue weighted by Gasteiger charge is -2.16. The summed E-state index contributed by atoms with van der Waals surface area (Å²) in [6.45, 7) is 1.42. The number of ether oxygens (including phenoxy) is 1. The highest BCUT2D eigenvalue weighted by Gasteiger charge is 2.27. The second kappa shape index (κ2) is 7.71. The second-order valence-corrected chi connectivity index (χ2v) is 6.60. The van der Waals surface area contributed by atoms with Crippen LogP contribution in [0.2, 0.25) is 5.02 Å². The summed E-state index contributed by atoms with van der Waals surface area (Å²) in [6.07, 6.45) is 1.24. The Kier molecular flexibility index (Phi) is 5.94. The van der Waals surface area contributed by atoms with Gasteiger partial charge in [0.05, 0.1) is 19.3 Å². The molecule has 114 valence electrons. The summed E-state index contributed by atoms with van der Waals surface area (Å²) in [5.74, 6) is 0.207. The standard InChI is InChI=1S/C15H18ClNO3S/c1-20-15(19)10-21-12-6-7-17(9-12)14(18)8-11-4-2-3-5-13(11)16/h2-5,12H,6-10H2,1H3/t12-/m0/s1. The van der Waals surface area contributed by atoms with E-state index in [1.165, 1.54) is 7.11 Å². The zero-order chi connectivity index (χ0) is 15.2. The van der Waals surface area contributed by atoms with E-state index in [1.54, 1.807) is 17.8 Å². The van der Waals surface area contributed by atoms with Gasteiger partial charge in [0.15, 0.2) is 0 Å². The Morgan fingerprint density at radius 2 is 2.19 bits per heavy atom. The molecule has 1 saturated heterocycles. The van der Waals surface area contributed by atoms with Crippen LogP contribution in [0.3, 0.4) is 0 Å². The number of carbonyl (C=O) groups excluding carboxylic acids is 2. The van der Waals surface area contributed by atoms with Crippen molar-refractivity contribution in [3.8, 4) is 0 Å². The molecule has 0 radical (unpaired) electrons. The number of esters is 1. The highest BCUT2D eigenvalue weighted by Crippen LogP contribution is 2.24. The van der Waals surface area contributed by atoms with Crippen molar-refractivity contribution >= 4 is 35.2 Å². The van der Waals surface area contributed by atoms with Gasteiger partial charge in [-0.3, -0.25) is 9.59 Å². The van der Waals surface area contributed by atoms with Crippen molar-refractivity contribution in [2.24, 2.45) is 0 Å². The summed E-state index contributed by atoms with van der Waals surface area (Å²) in [6, 6.07) is 7.40. The Labute approximate surface area is 133 Å². The third-order valence-corrected chi connectivity index (χ3v) is 5.09. The molecule has 21 heavy (non-hydrogen) atoms. The number of rotatable bonds is 5. The molecule has 4 nitrogen and oxygen atoms in total. The van der Waals surface area contributed by atoms with Crippen molar-refractivity contribution in [3.63, 3.8) is 0 Å². The van der Waals surface area contributed by atoms with Crippen LogP contribution in [-0.2, 0) is 20.7 Å². The van der Waals surface area contributed by atoms with Crippen LogP contribution in [0, 0.1) is 0 Å². The summed E-state index contributed by atoms with van der Waals surface area (Å²) < 4.78 is 4.62. The van der Waals surface area contributed by atoms with Crippen molar-refractivity contribution in [1.29, 1.82) is 0 Å². The van der Waals surface area contributed by atoms with Crippen molar-refractivity contribution in [2.45, 2.75) is 18.1 Å². The first-order valence-corrected chi connectivity index (χ1v) is 8.22. The maximum Gasteiger partial charge on any atom is 0.315 e. The summed E-state index contributed by atoms with van der Waals surface area (Å²) in [7, 11) is 1.39. The van der Waals surface area contributed by atoms with Gasteiger partial charge in [0.1, 0.15) is 0 Å². The summed E-state index contributed by atoms with van der Waals surface area (Å²) >= 11 is 7.63. The largest absolute Gasteiger partial charge is 0.468 e. The first-order valence-electron chi connectivity index (χ1n) is 6.79. The average Bonchev–Trinajstić information content (AvgIpc) is 2.96. The SMILES string of the molecule is COC(=O)CS[C@H]1CCN(C(=O)Cc2ccccc2Cl)C1. The van der Waals surface area contributed by atoms with Crippen LogP contribution in [0.5, 0.6) is 0 Å². The molecule has 2 rings (SSSR count). The predicted molar refractivity (Wildman–Crippen MR) is 84.6 cm³/mol. The molecule has 1 aliphatic rings. The second-order valence-electron chi connectivity index (χ2n) is 4.91. The van der Waals surface area contributed by atoms with Gasteiger partial charge in [-0.05, 0) is 18.1 Å².